The molecule has 0 aliphatic carbocycles. The molecule has 3 aromatic rings. The first-order valence-electron chi connectivity index (χ1n) is 6.92. The van der Waals surface area contributed by atoms with Crippen molar-refractivity contribution in [2.45, 2.75) is 13.8 Å². The minimum atomic E-state index is 0.619. The second-order valence-corrected chi connectivity index (χ2v) is 4.90. The zero-order valence-electron chi connectivity index (χ0n) is 12.4. The lowest BCUT2D eigenvalue weighted by Gasteiger charge is -2.04. The Kier molecular flexibility index (Phi) is 3.91. The molecule has 0 fully saturated rings. The molecule has 2 heterocycles. The van der Waals surface area contributed by atoms with Gasteiger partial charge in [0.05, 0.1) is 11.9 Å². The molecule has 22 heavy (non-hydrogen) atoms. The SMILES string of the molecule is C/C(=N\Nc1cc(-n2cc(C)cn2)ncn1)c1ccccc1. The topological polar surface area (TPSA) is 68.0 Å². The predicted octanol–water partition coefficient (Wildman–Crippen LogP) is 2.81. The molecule has 0 saturated heterocycles. The van der Waals surface area contributed by atoms with Crippen LogP contribution in [0.25, 0.3) is 5.82 Å². The number of rotatable bonds is 4. The third-order valence-electron chi connectivity index (χ3n) is 3.13. The summed E-state index contributed by atoms with van der Waals surface area (Å²) in [7, 11) is 0. The Balaban J connectivity index is 1.79. The lowest BCUT2D eigenvalue weighted by molar-refractivity contribution is 0.839. The average molecular weight is 292 g/mol. The van der Waals surface area contributed by atoms with Crippen LogP contribution in [0.5, 0.6) is 0 Å². The van der Waals surface area contributed by atoms with Crippen LogP contribution in [0.15, 0.2) is 60.2 Å². The van der Waals surface area contributed by atoms with Crippen LogP contribution in [0.4, 0.5) is 5.82 Å². The van der Waals surface area contributed by atoms with Crippen molar-refractivity contribution in [2.24, 2.45) is 5.10 Å². The van der Waals surface area contributed by atoms with E-state index in [-0.39, 0.29) is 0 Å². The second kappa shape index (κ2) is 6.17. The summed E-state index contributed by atoms with van der Waals surface area (Å²) in [6.45, 7) is 3.93. The lowest BCUT2D eigenvalue weighted by atomic mass is 10.1. The van der Waals surface area contributed by atoms with Gasteiger partial charge in [0.1, 0.15) is 6.33 Å². The van der Waals surface area contributed by atoms with Gasteiger partial charge in [-0.1, -0.05) is 30.3 Å². The molecule has 0 bridgehead atoms. The van der Waals surface area contributed by atoms with Gasteiger partial charge in [-0.25, -0.2) is 14.6 Å². The highest BCUT2D eigenvalue weighted by atomic mass is 15.3. The molecular formula is C16H16N6. The smallest absolute Gasteiger partial charge is 0.158 e. The molecule has 0 radical (unpaired) electrons. The van der Waals surface area contributed by atoms with Crippen molar-refractivity contribution in [1.29, 1.82) is 0 Å². The molecule has 0 unspecified atom stereocenters. The molecule has 0 amide bonds. The first kappa shape index (κ1) is 13.9. The largest absolute Gasteiger partial charge is 0.261 e. The third-order valence-corrected chi connectivity index (χ3v) is 3.13. The van der Waals surface area contributed by atoms with Gasteiger partial charge in [-0.3, -0.25) is 5.43 Å². The summed E-state index contributed by atoms with van der Waals surface area (Å²) in [4.78, 5) is 8.38. The summed E-state index contributed by atoms with van der Waals surface area (Å²) in [6.07, 6.45) is 5.18. The maximum Gasteiger partial charge on any atom is 0.158 e. The van der Waals surface area contributed by atoms with E-state index in [1.807, 2.05) is 50.4 Å². The zero-order chi connectivity index (χ0) is 15.4. The number of nitrogens with one attached hydrogen (secondary N) is 1. The lowest BCUT2D eigenvalue weighted by Crippen LogP contribution is -2.03. The van der Waals surface area contributed by atoms with Crippen LogP contribution in [-0.4, -0.2) is 25.5 Å². The average Bonchev–Trinajstić information content (AvgIpc) is 3.00. The minimum absolute atomic E-state index is 0.619. The van der Waals surface area contributed by atoms with E-state index in [1.165, 1.54) is 6.33 Å². The Morgan fingerprint density at radius 2 is 2.00 bits per heavy atom. The maximum atomic E-state index is 4.35. The fourth-order valence-electron chi connectivity index (χ4n) is 1.96. The first-order valence-corrected chi connectivity index (χ1v) is 6.92. The highest BCUT2D eigenvalue weighted by Crippen LogP contribution is 2.10. The van der Waals surface area contributed by atoms with E-state index >= 15 is 0 Å². The molecule has 6 nitrogen and oxygen atoms in total. The summed E-state index contributed by atoms with van der Waals surface area (Å²) in [5, 5.41) is 8.58. The molecule has 0 aliphatic rings. The number of anilines is 1. The molecule has 6 heteroatoms. The highest BCUT2D eigenvalue weighted by Gasteiger charge is 2.02. The van der Waals surface area contributed by atoms with Crippen LogP contribution < -0.4 is 5.43 Å². The van der Waals surface area contributed by atoms with Crippen molar-refractivity contribution in [3.63, 3.8) is 0 Å². The Morgan fingerprint density at radius 3 is 2.73 bits per heavy atom. The van der Waals surface area contributed by atoms with Crippen molar-refractivity contribution in [3.8, 4) is 5.82 Å². The molecular weight excluding hydrogens is 276 g/mol. The normalized spacial score (nSPS) is 11.5. The standard InChI is InChI=1S/C16H16N6/c1-12-9-19-22(10-12)16-8-15(17-11-18-16)21-20-13(2)14-6-4-3-5-7-14/h3-11H,1-2H3,(H,17,18,21)/b20-13+. The van der Waals surface area contributed by atoms with Gasteiger partial charge in [0.25, 0.3) is 0 Å². The van der Waals surface area contributed by atoms with Crippen LogP contribution in [-0.2, 0) is 0 Å². The van der Waals surface area contributed by atoms with Gasteiger partial charge in [-0.05, 0) is 25.0 Å². The predicted molar refractivity (Wildman–Crippen MR) is 86.2 cm³/mol. The summed E-state index contributed by atoms with van der Waals surface area (Å²) >= 11 is 0. The summed E-state index contributed by atoms with van der Waals surface area (Å²) in [5.41, 5.74) is 5.98. The van der Waals surface area contributed by atoms with E-state index in [0.29, 0.717) is 11.6 Å². The Labute approximate surface area is 128 Å². The van der Waals surface area contributed by atoms with E-state index in [9.17, 15) is 0 Å². The summed E-state index contributed by atoms with van der Waals surface area (Å²) < 4.78 is 1.70. The molecule has 1 aromatic carbocycles. The van der Waals surface area contributed by atoms with Crippen LogP contribution in [0.2, 0.25) is 0 Å². The molecule has 0 spiro atoms. The van der Waals surface area contributed by atoms with Crippen LogP contribution in [0.1, 0.15) is 18.1 Å². The molecule has 0 saturated carbocycles. The monoisotopic (exact) mass is 292 g/mol. The van der Waals surface area contributed by atoms with E-state index in [0.717, 1.165) is 16.8 Å². The zero-order valence-corrected chi connectivity index (χ0v) is 12.4. The summed E-state index contributed by atoms with van der Waals surface area (Å²) in [6, 6.07) is 11.8. The van der Waals surface area contributed by atoms with E-state index in [4.69, 9.17) is 0 Å². The molecule has 2 aromatic heterocycles. The first-order chi connectivity index (χ1) is 10.7. The number of hydrazone groups is 1. The number of aromatic nitrogens is 4. The number of nitrogens with zero attached hydrogens (tertiary/aromatic N) is 5. The van der Waals surface area contributed by atoms with Crippen LogP contribution >= 0.6 is 0 Å². The molecule has 0 aliphatic heterocycles. The van der Waals surface area contributed by atoms with Crippen molar-refractivity contribution < 1.29 is 0 Å². The third kappa shape index (κ3) is 3.17. The van der Waals surface area contributed by atoms with Gasteiger partial charge in [0.2, 0.25) is 0 Å². The number of hydrogen-bond acceptors (Lipinski definition) is 5. The molecule has 3 rings (SSSR count). The van der Waals surface area contributed by atoms with Gasteiger partial charge in [-0.15, -0.1) is 0 Å². The van der Waals surface area contributed by atoms with E-state index in [2.05, 4.69) is 25.6 Å². The van der Waals surface area contributed by atoms with Gasteiger partial charge in [0, 0.05) is 12.3 Å². The van der Waals surface area contributed by atoms with Crippen molar-refractivity contribution in [1.82, 2.24) is 19.7 Å². The van der Waals surface area contributed by atoms with Crippen LogP contribution in [0, 0.1) is 6.92 Å². The van der Waals surface area contributed by atoms with Gasteiger partial charge >= 0.3 is 0 Å². The maximum absolute atomic E-state index is 4.35. The van der Waals surface area contributed by atoms with Crippen molar-refractivity contribution >= 4 is 11.5 Å². The Hall–Kier alpha value is -3.02. The minimum Gasteiger partial charge on any atom is -0.261 e. The number of benzene rings is 1. The molecule has 110 valence electrons. The quantitative estimate of drug-likeness (QED) is 0.593. The van der Waals surface area contributed by atoms with Gasteiger partial charge in [0.15, 0.2) is 11.6 Å². The second-order valence-electron chi connectivity index (χ2n) is 4.90. The van der Waals surface area contributed by atoms with Crippen molar-refractivity contribution in [3.05, 3.63) is 66.2 Å². The van der Waals surface area contributed by atoms with Crippen molar-refractivity contribution in [2.75, 3.05) is 5.43 Å². The molecule has 0 atom stereocenters. The number of aryl methyl sites for hydroxylation is 1. The summed E-state index contributed by atoms with van der Waals surface area (Å²) in [5.74, 6) is 1.31. The van der Waals surface area contributed by atoms with E-state index in [1.54, 1.807) is 16.9 Å². The molecule has 1 N–H and O–H groups in total. The highest BCUT2D eigenvalue weighted by molar-refractivity contribution is 5.98. The van der Waals surface area contributed by atoms with Gasteiger partial charge < -0.3 is 0 Å². The fraction of sp³-hybridized carbons (Fsp3) is 0.125. The fourth-order valence-corrected chi connectivity index (χ4v) is 1.96. The van der Waals surface area contributed by atoms with Gasteiger partial charge in [-0.2, -0.15) is 10.2 Å². The van der Waals surface area contributed by atoms with Crippen LogP contribution in [0.3, 0.4) is 0 Å². The Bertz CT molecular complexity index is 791. The number of hydrogen-bond donors (Lipinski definition) is 1. The Morgan fingerprint density at radius 1 is 1.18 bits per heavy atom. The van der Waals surface area contributed by atoms with E-state index < -0.39 is 0 Å².